The molecule has 1 saturated heterocycles. The molecule has 2 aromatic rings. The number of nitrogens with one attached hydrogen (secondary N) is 2. The maximum Gasteiger partial charge on any atom is 0.191 e. The van der Waals surface area contributed by atoms with Gasteiger partial charge in [0.1, 0.15) is 0 Å². The molecule has 0 spiro atoms. The average Bonchev–Trinajstić information content (AvgIpc) is 2.74. The zero-order chi connectivity index (χ0) is 20.5. The minimum atomic E-state index is 0. The zero-order valence-corrected chi connectivity index (χ0v) is 21.0. The number of aliphatic imine (C=N–C) groups is 1. The van der Waals surface area contributed by atoms with Gasteiger partial charge < -0.3 is 15.5 Å². The summed E-state index contributed by atoms with van der Waals surface area (Å²) in [6, 6.07) is 16.8. The first kappa shape index (κ1) is 24.9. The maximum atomic E-state index is 6.22. The normalized spacial score (nSPS) is 15.5. The summed E-state index contributed by atoms with van der Waals surface area (Å²) < 4.78 is 0. The molecule has 0 unspecified atom stereocenters. The lowest BCUT2D eigenvalue weighted by atomic mass is 10.1. The van der Waals surface area contributed by atoms with Crippen molar-refractivity contribution >= 4 is 41.5 Å². The van der Waals surface area contributed by atoms with E-state index in [4.69, 9.17) is 11.6 Å². The third-order valence-corrected chi connectivity index (χ3v) is 5.72. The van der Waals surface area contributed by atoms with Gasteiger partial charge in [-0.25, -0.2) is 0 Å². The summed E-state index contributed by atoms with van der Waals surface area (Å²) >= 11 is 6.22. The summed E-state index contributed by atoms with van der Waals surface area (Å²) in [6.45, 7) is 7.18. The van der Waals surface area contributed by atoms with Gasteiger partial charge in [-0.05, 0) is 36.2 Å². The molecule has 2 aromatic carbocycles. The van der Waals surface area contributed by atoms with Crippen LogP contribution in [0.15, 0.2) is 53.5 Å². The lowest BCUT2D eigenvalue weighted by Gasteiger charge is -2.32. The molecule has 1 aliphatic rings. The van der Waals surface area contributed by atoms with E-state index >= 15 is 0 Å². The van der Waals surface area contributed by atoms with E-state index < -0.39 is 0 Å². The Morgan fingerprint density at radius 1 is 0.967 bits per heavy atom. The Kier molecular flexibility index (Phi) is 10.9. The molecule has 0 bridgehead atoms. The van der Waals surface area contributed by atoms with E-state index in [0.717, 1.165) is 68.8 Å². The summed E-state index contributed by atoms with van der Waals surface area (Å²) in [7, 11) is 3.99. The summed E-state index contributed by atoms with van der Waals surface area (Å²) in [4.78, 5) is 9.22. The van der Waals surface area contributed by atoms with Gasteiger partial charge in [-0.3, -0.25) is 9.89 Å². The second-order valence-electron chi connectivity index (χ2n) is 7.59. The van der Waals surface area contributed by atoms with Gasteiger partial charge in [0.05, 0.1) is 0 Å². The fourth-order valence-electron chi connectivity index (χ4n) is 3.45. The number of rotatable bonds is 7. The van der Waals surface area contributed by atoms with Crippen LogP contribution in [0.25, 0.3) is 0 Å². The Bertz CT molecular complexity index is 788. The van der Waals surface area contributed by atoms with Crippen molar-refractivity contribution in [2.24, 2.45) is 4.99 Å². The van der Waals surface area contributed by atoms with Crippen LogP contribution in [0.2, 0.25) is 5.02 Å². The first-order chi connectivity index (χ1) is 14.1. The van der Waals surface area contributed by atoms with E-state index in [1.165, 1.54) is 11.1 Å². The third kappa shape index (κ3) is 8.06. The molecular formula is C23H33ClIN5. The molecule has 0 saturated carbocycles. The van der Waals surface area contributed by atoms with Crippen molar-refractivity contribution in [2.45, 2.75) is 19.5 Å². The topological polar surface area (TPSA) is 42.9 Å². The fourth-order valence-corrected chi connectivity index (χ4v) is 3.68. The number of halogens is 2. The largest absolute Gasteiger partial charge is 0.356 e. The maximum absolute atomic E-state index is 6.22. The highest BCUT2D eigenvalue weighted by Gasteiger charge is 2.13. The van der Waals surface area contributed by atoms with Crippen molar-refractivity contribution in [2.75, 3.05) is 46.8 Å². The molecule has 0 radical (unpaired) electrons. The molecule has 30 heavy (non-hydrogen) atoms. The lowest BCUT2D eigenvalue weighted by Crippen LogP contribution is -2.43. The van der Waals surface area contributed by atoms with Crippen molar-refractivity contribution in [3.63, 3.8) is 0 Å². The molecule has 0 aliphatic carbocycles. The van der Waals surface area contributed by atoms with Gasteiger partial charge in [-0.2, -0.15) is 0 Å². The van der Waals surface area contributed by atoms with Gasteiger partial charge in [0, 0.05) is 57.9 Å². The van der Waals surface area contributed by atoms with E-state index in [0.29, 0.717) is 0 Å². The van der Waals surface area contributed by atoms with Crippen LogP contribution in [-0.4, -0.2) is 62.6 Å². The minimum Gasteiger partial charge on any atom is -0.356 e. The molecule has 1 heterocycles. The Morgan fingerprint density at radius 2 is 1.63 bits per heavy atom. The molecule has 7 heteroatoms. The Hall–Kier alpha value is -1.35. The number of hydrogen-bond acceptors (Lipinski definition) is 3. The number of hydrogen-bond donors (Lipinski definition) is 2. The van der Waals surface area contributed by atoms with E-state index in [9.17, 15) is 0 Å². The number of likely N-dealkylation sites (N-methyl/N-ethyl adjacent to an activating group) is 1. The molecule has 0 amide bonds. The number of guanidine groups is 1. The monoisotopic (exact) mass is 541 g/mol. The van der Waals surface area contributed by atoms with Crippen LogP contribution in [0.4, 0.5) is 0 Å². The Labute approximate surface area is 202 Å². The van der Waals surface area contributed by atoms with Gasteiger partial charge in [0.2, 0.25) is 0 Å². The van der Waals surface area contributed by atoms with Crippen LogP contribution in [0.1, 0.15) is 16.7 Å². The predicted octanol–water partition coefficient (Wildman–Crippen LogP) is 3.61. The van der Waals surface area contributed by atoms with Crippen LogP contribution in [-0.2, 0) is 19.5 Å². The molecule has 1 fully saturated rings. The highest BCUT2D eigenvalue weighted by Crippen LogP contribution is 2.14. The first-order valence-corrected chi connectivity index (χ1v) is 10.7. The summed E-state index contributed by atoms with van der Waals surface area (Å²) in [6.07, 6.45) is 0.862. The smallest absolute Gasteiger partial charge is 0.191 e. The molecule has 164 valence electrons. The van der Waals surface area contributed by atoms with E-state index in [1.807, 2.05) is 18.2 Å². The standard InChI is InChI=1S/C23H32ClN5.HI/c1-25-23(26-12-11-21-5-3-4-6-22(21)24)27-17-19-7-9-20(10-8-19)18-29-15-13-28(2)14-16-29;/h3-10H,11-18H2,1-2H3,(H2,25,26,27);1H. The van der Waals surface area contributed by atoms with Crippen molar-refractivity contribution in [1.29, 1.82) is 0 Å². The van der Waals surface area contributed by atoms with Crippen LogP contribution in [0.3, 0.4) is 0 Å². The Morgan fingerprint density at radius 3 is 2.30 bits per heavy atom. The number of benzene rings is 2. The fraction of sp³-hybridized carbons (Fsp3) is 0.435. The number of piperazine rings is 1. The van der Waals surface area contributed by atoms with E-state index in [1.54, 1.807) is 7.05 Å². The SMILES string of the molecule is CN=C(NCCc1ccccc1Cl)NCc1ccc(CN2CCN(C)CC2)cc1.I. The molecule has 2 N–H and O–H groups in total. The molecule has 0 aromatic heterocycles. The minimum absolute atomic E-state index is 0. The second-order valence-corrected chi connectivity index (χ2v) is 8.00. The van der Waals surface area contributed by atoms with E-state index in [2.05, 4.69) is 62.8 Å². The molecular weight excluding hydrogens is 509 g/mol. The summed E-state index contributed by atoms with van der Waals surface area (Å²) in [5.74, 6) is 0.804. The quantitative estimate of drug-likeness (QED) is 0.319. The molecule has 5 nitrogen and oxygen atoms in total. The van der Waals surface area contributed by atoms with Crippen molar-refractivity contribution < 1.29 is 0 Å². The van der Waals surface area contributed by atoms with Crippen LogP contribution < -0.4 is 10.6 Å². The van der Waals surface area contributed by atoms with Crippen LogP contribution >= 0.6 is 35.6 Å². The average molecular weight is 542 g/mol. The van der Waals surface area contributed by atoms with Crippen molar-refractivity contribution in [3.05, 3.63) is 70.2 Å². The number of nitrogens with zero attached hydrogens (tertiary/aromatic N) is 3. The van der Waals surface area contributed by atoms with Gasteiger partial charge in [-0.1, -0.05) is 54.1 Å². The molecule has 0 atom stereocenters. The van der Waals surface area contributed by atoms with Crippen LogP contribution in [0.5, 0.6) is 0 Å². The van der Waals surface area contributed by atoms with Gasteiger partial charge in [-0.15, -0.1) is 24.0 Å². The van der Waals surface area contributed by atoms with Crippen LogP contribution in [0, 0.1) is 0 Å². The summed E-state index contributed by atoms with van der Waals surface area (Å²) in [5, 5.41) is 7.55. The second kappa shape index (κ2) is 13.1. The van der Waals surface area contributed by atoms with Crippen molar-refractivity contribution in [3.8, 4) is 0 Å². The highest BCUT2D eigenvalue weighted by atomic mass is 127. The predicted molar refractivity (Wildman–Crippen MR) is 138 cm³/mol. The lowest BCUT2D eigenvalue weighted by molar-refractivity contribution is 0.148. The Balaban J connectivity index is 0.00000320. The molecule has 1 aliphatic heterocycles. The third-order valence-electron chi connectivity index (χ3n) is 5.35. The zero-order valence-electron chi connectivity index (χ0n) is 17.9. The van der Waals surface area contributed by atoms with Gasteiger partial charge in [0.25, 0.3) is 0 Å². The molecule has 3 rings (SSSR count). The van der Waals surface area contributed by atoms with E-state index in [-0.39, 0.29) is 24.0 Å². The summed E-state index contributed by atoms with van der Waals surface area (Å²) in [5.41, 5.74) is 3.77. The van der Waals surface area contributed by atoms with Crippen molar-refractivity contribution in [1.82, 2.24) is 20.4 Å². The van der Waals surface area contributed by atoms with Gasteiger partial charge >= 0.3 is 0 Å². The first-order valence-electron chi connectivity index (χ1n) is 10.3. The highest BCUT2D eigenvalue weighted by molar-refractivity contribution is 14.0. The van der Waals surface area contributed by atoms with Gasteiger partial charge in [0.15, 0.2) is 5.96 Å².